The topological polar surface area (TPSA) is 48.4 Å². The Balaban J connectivity index is 2.54. The van der Waals surface area contributed by atoms with Crippen molar-refractivity contribution in [2.24, 2.45) is 0 Å². The van der Waals surface area contributed by atoms with Crippen LogP contribution in [0.3, 0.4) is 0 Å². The normalized spacial score (nSPS) is 11.0. The number of ether oxygens (including phenoxy) is 2. The van der Waals surface area contributed by atoms with Crippen molar-refractivity contribution in [1.82, 2.24) is 4.98 Å². The zero-order valence-electron chi connectivity index (χ0n) is 9.86. The van der Waals surface area contributed by atoms with Crippen LogP contribution >= 0.6 is 11.3 Å². The van der Waals surface area contributed by atoms with Crippen molar-refractivity contribution in [3.05, 3.63) is 16.1 Å². The van der Waals surface area contributed by atoms with E-state index in [0.29, 0.717) is 13.2 Å². The molecule has 0 atom stereocenters. The maximum absolute atomic E-state index is 11.8. The minimum absolute atomic E-state index is 0.0712. The molecule has 1 heterocycles. The molecule has 0 saturated heterocycles. The standard InChI is InChI=1S/C11H17NO3S/c1-4-14-11(15-5-2)9(13)6-10-12-8(3)7-16-10/h7,11H,4-6H2,1-3H3. The molecule has 0 N–H and O–H groups in total. The van der Waals surface area contributed by atoms with Crippen LogP contribution in [0.2, 0.25) is 0 Å². The van der Waals surface area contributed by atoms with Gasteiger partial charge in [-0.3, -0.25) is 4.79 Å². The lowest BCUT2D eigenvalue weighted by atomic mass is 10.3. The predicted octanol–water partition coefficient (Wildman–Crippen LogP) is 1.96. The van der Waals surface area contributed by atoms with E-state index in [1.54, 1.807) is 0 Å². The van der Waals surface area contributed by atoms with Crippen LogP contribution in [0.25, 0.3) is 0 Å². The van der Waals surface area contributed by atoms with Crippen molar-refractivity contribution in [2.45, 2.75) is 33.5 Å². The summed E-state index contributed by atoms with van der Waals surface area (Å²) in [5.41, 5.74) is 0.942. The lowest BCUT2D eigenvalue weighted by Crippen LogP contribution is -2.29. The lowest BCUT2D eigenvalue weighted by molar-refractivity contribution is -0.167. The molecule has 0 aliphatic heterocycles. The molecule has 1 aromatic rings. The van der Waals surface area contributed by atoms with Gasteiger partial charge >= 0.3 is 0 Å². The highest BCUT2D eigenvalue weighted by atomic mass is 32.1. The third-order valence-corrected chi connectivity index (χ3v) is 2.86. The van der Waals surface area contributed by atoms with Gasteiger partial charge in [-0.15, -0.1) is 11.3 Å². The summed E-state index contributed by atoms with van der Waals surface area (Å²) in [5, 5.41) is 2.74. The van der Waals surface area contributed by atoms with E-state index in [0.717, 1.165) is 10.7 Å². The monoisotopic (exact) mass is 243 g/mol. The highest BCUT2D eigenvalue weighted by Crippen LogP contribution is 2.11. The molecule has 0 spiro atoms. The molecule has 16 heavy (non-hydrogen) atoms. The SMILES string of the molecule is CCOC(OCC)C(=O)Cc1nc(C)cs1. The Bertz CT molecular complexity index is 332. The summed E-state index contributed by atoms with van der Waals surface area (Å²) in [6, 6.07) is 0. The summed E-state index contributed by atoms with van der Waals surface area (Å²) in [5.74, 6) is -0.0712. The molecule has 0 aliphatic rings. The molecule has 0 unspecified atom stereocenters. The number of carbonyl (C=O) groups excluding carboxylic acids is 1. The number of nitrogens with zero attached hydrogens (tertiary/aromatic N) is 1. The third kappa shape index (κ3) is 4.00. The van der Waals surface area contributed by atoms with Crippen LogP contribution in [0.1, 0.15) is 24.5 Å². The van der Waals surface area contributed by atoms with Gasteiger partial charge in [-0.2, -0.15) is 0 Å². The number of hydrogen-bond acceptors (Lipinski definition) is 5. The molecule has 0 amide bonds. The third-order valence-electron chi connectivity index (χ3n) is 1.89. The summed E-state index contributed by atoms with van der Waals surface area (Å²) in [4.78, 5) is 16.1. The van der Waals surface area contributed by atoms with E-state index < -0.39 is 6.29 Å². The average molecular weight is 243 g/mol. The van der Waals surface area contributed by atoms with Gasteiger partial charge in [0, 0.05) is 24.3 Å². The highest BCUT2D eigenvalue weighted by Gasteiger charge is 2.20. The van der Waals surface area contributed by atoms with E-state index >= 15 is 0 Å². The van der Waals surface area contributed by atoms with E-state index in [4.69, 9.17) is 9.47 Å². The van der Waals surface area contributed by atoms with Gasteiger partial charge in [0.05, 0.1) is 6.42 Å². The van der Waals surface area contributed by atoms with Crippen LogP contribution < -0.4 is 0 Å². The Morgan fingerprint density at radius 2 is 2.06 bits per heavy atom. The Morgan fingerprint density at radius 1 is 1.44 bits per heavy atom. The molecular weight excluding hydrogens is 226 g/mol. The van der Waals surface area contributed by atoms with Gasteiger partial charge < -0.3 is 9.47 Å². The largest absolute Gasteiger partial charge is 0.346 e. The molecule has 0 aromatic carbocycles. The first-order valence-electron chi connectivity index (χ1n) is 5.34. The second kappa shape index (κ2) is 6.73. The zero-order valence-corrected chi connectivity index (χ0v) is 10.7. The first kappa shape index (κ1) is 13.3. The molecule has 1 aromatic heterocycles. The van der Waals surface area contributed by atoms with Gasteiger partial charge in [0.2, 0.25) is 6.29 Å². The van der Waals surface area contributed by atoms with Crippen molar-refractivity contribution < 1.29 is 14.3 Å². The van der Waals surface area contributed by atoms with E-state index in [9.17, 15) is 4.79 Å². The molecule has 1 rings (SSSR count). The molecule has 0 fully saturated rings. The van der Waals surface area contributed by atoms with Crippen LogP contribution in [-0.4, -0.2) is 30.3 Å². The van der Waals surface area contributed by atoms with Gasteiger partial charge in [0.1, 0.15) is 5.01 Å². The summed E-state index contributed by atoms with van der Waals surface area (Å²) in [6.45, 7) is 6.52. The van der Waals surface area contributed by atoms with Crippen molar-refractivity contribution in [3.63, 3.8) is 0 Å². The Labute approximate surface area is 99.6 Å². The second-order valence-electron chi connectivity index (χ2n) is 3.27. The van der Waals surface area contributed by atoms with Crippen LogP contribution in [0.4, 0.5) is 0 Å². The van der Waals surface area contributed by atoms with Crippen LogP contribution in [0, 0.1) is 6.92 Å². The summed E-state index contributed by atoms with van der Waals surface area (Å²) in [6.07, 6.45) is -0.470. The summed E-state index contributed by atoms with van der Waals surface area (Å²) < 4.78 is 10.5. The number of hydrogen-bond donors (Lipinski definition) is 0. The number of rotatable bonds is 7. The molecule has 0 saturated carbocycles. The molecule has 0 aliphatic carbocycles. The molecule has 4 nitrogen and oxygen atoms in total. The van der Waals surface area contributed by atoms with Crippen molar-refractivity contribution in [3.8, 4) is 0 Å². The minimum Gasteiger partial charge on any atom is -0.346 e. The second-order valence-corrected chi connectivity index (χ2v) is 4.21. The van der Waals surface area contributed by atoms with Gasteiger partial charge in [-0.1, -0.05) is 0 Å². The number of aromatic nitrogens is 1. The summed E-state index contributed by atoms with van der Waals surface area (Å²) >= 11 is 1.49. The van der Waals surface area contributed by atoms with E-state index in [-0.39, 0.29) is 12.2 Å². The van der Waals surface area contributed by atoms with Gasteiger partial charge in [-0.25, -0.2) is 4.98 Å². The fourth-order valence-electron chi connectivity index (χ4n) is 1.25. The lowest BCUT2D eigenvalue weighted by Gasteiger charge is -2.14. The molecule has 0 radical (unpaired) electrons. The number of Topliss-reactive ketones (excluding diaryl/α,β-unsaturated/α-hetero) is 1. The molecule has 0 bridgehead atoms. The quantitative estimate of drug-likeness (QED) is 0.687. The zero-order chi connectivity index (χ0) is 12.0. The first-order chi connectivity index (χ1) is 7.67. The Hall–Kier alpha value is -0.780. The van der Waals surface area contributed by atoms with E-state index in [1.165, 1.54) is 11.3 Å². The predicted molar refractivity (Wildman–Crippen MR) is 62.6 cm³/mol. The summed E-state index contributed by atoms with van der Waals surface area (Å²) in [7, 11) is 0. The van der Waals surface area contributed by atoms with Gasteiger partial charge in [0.15, 0.2) is 5.78 Å². The maximum Gasteiger partial charge on any atom is 0.218 e. The van der Waals surface area contributed by atoms with Crippen LogP contribution in [0.5, 0.6) is 0 Å². The van der Waals surface area contributed by atoms with E-state index in [1.807, 2.05) is 26.2 Å². The van der Waals surface area contributed by atoms with Crippen molar-refractivity contribution in [1.29, 1.82) is 0 Å². The van der Waals surface area contributed by atoms with Gasteiger partial charge in [-0.05, 0) is 20.8 Å². The van der Waals surface area contributed by atoms with Crippen LogP contribution in [-0.2, 0) is 20.7 Å². The van der Waals surface area contributed by atoms with E-state index in [2.05, 4.69) is 4.98 Å². The molecular formula is C11H17NO3S. The molecule has 90 valence electrons. The fourth-order valence-corrected chi connectivity index (χ4v) is 2.03. The van der Waals surface area contributed by atoms with Crippen molar-refractivity contribution in [2.75, 3.05) is 13.2 Å². The minimum atomic E-state index is -0.751. The number of ketones is 1. The number of aryl methyl sites for hydroxylation is 1. The Morgan fingerprint density at radius 3 is 2.50 bits per heavy atom. The van der Waals surface area contributed by atoms with Crippen molar-refractivity contribution >= 4 is 17.1 Å². The highest BCUT2D eigenvalue weighted by molar-refractivity contribution is 7.09. The molecule has 5 heteroatoms. The Kier molecular flexibility index (Phi) is 5.59. The average Bonchev–Trinajstić information content (AvgIpc) is 2.63. The van der Waals surface area contributed by atoms with Crippen LogP contribution in [0.15, 0.2) is 5.38 Å². The fraction of sp³-hybridized carbons (Fsp3) is 0.636. The smallest absolute Gasteiger partial charge is 0.218 e. The first-order valence-corrected chi connectivity index (χ1v) is 6.22. The maximum atomic E-state index is 11.8. The number of carbonyl (C=O) groups is 1. The van der Waals surface area contributed by atoms with Gasteiger partial charge in [0.25, 0.3) is 0 Å². The number of thiazole rings is 1.